The molecule has 2 aromatic rings. The molecular weight excluding hydrogens is 392 g/mol. The number of nitrogens with zero attached hydrogens (tertiary/aromatic N) is 3. The quantitative estimate of drug-likeness (QED) is 0.783. The van der Waals surface area contributed by atoms with E-state index < -0.39 is 9.84 Å². The molecule has 0 saturated carbocycles. The zero-order valence-electron chi connectivity index (χ0n) is 16.3. The first-order chi connectivity index (χ1) is 14.0. The number of ether oxygens (including phenoxy) is 2. The number of hydrogen-bond acceptors (Lipinski definition) is 8. The minimum Gasteiger partial charge on any atom is -0.381 e. The lowest BCUT2D eigenvalue weighted by Crippen LogP contribution is -2.36. The zero-order chi connectivity index (χ0) is 20.3. The van der Waals surface area contributed by atoms with E-state index >= 15 is 0 Å². The van der Waals surface area contributed by atoms with Gasteiger partial charge in [-0.05, 0) is 42.5 Å². The summed E-state index contributed by atoms with van der Waals surface area (Å²) in [6.07, 6.45) is 4.80. The van der Waals surface area contributed by atoms with Gasteiger partial charge in [-0.25, -0.2) is 18.4 Å². The first kappa shape index (κ1) is 20.1. The predicted molar refractivity (Wildman–Crippen MR) is 111 cm³/mol. The van der Waals surface area contributed by atoms with E-state index in [9.17, 15) is 8.42 Å². The number of benzene rings is 1. The fourth-order valence-electron chi connectivity index (χ4n) is 3.74. The molecular formula is C20H26N4O4S. The molecule has 1 aromatic carbocycles. The highest BCUT2D eigenvalue weighted by molar-refractivity contribution is 7.91. The number of nitrogens with two attached hydrogens (primary N) is 1. The van der Waals surface area contributed by atoms with Gasteiger partial charge in [-0.15, -0.1) is 0 Å². The Hall–Kier alpha value is -2.23. The molecule has 1 aromatic heterocycles. The molecule has 2 aliphatic rings. The summed E-state index contributed by atoms with van der Waals surface area (Å²) >= 11 is 0. The second-order valence-corrected chi connectivity index (χ2v) is 9.52. The lowest BCUT2D eigenvalue weighted by atomic mass is 10.0. The van der Waals surface area contributed by atoms with Crippen LogP contribution in [0.5, 0.6) is 0 Å². The molecule has 156 valence electrons. The molecule has 0 spiro atoms. The van der Waals surface area contributed by atoms with E-state index in [1.165, 1.54) is 0 Å². The fraction of sp³-hybridized carbons (Fsp3) is 0.500. The number of aromatic nitrogens is 2. The van der Waals surface area contributed by atoms with Crippen molar-refractivity contribution in [2.45, 2.75) is 17.7 Å². The summed E-state index contributed by atoms with van der Waals surface area (Å²) in [6.45, 7) is 3.95. The van der Waals surface area contributed by atoms with Crippen LogP contribution in [0.15, 0.2) is 35.5 Å². The molecule has 9 heteroatoms. The summed E-state index contributed by atoms with van der Waals surface area (Å²) in [4.78, 5) is 10.6. The molecule has 0 radical (unpaired) electrons. The average molecular weight is 419 g/mol. The van der Waals surface area contributed by atoms with Crippen molar-refractivity contribution in [1.82, 2.24) is 9.97 Å². The Labute approximate surface area is 171 Å². The molecule has 4 rings (SSSR count). The van der Waals surface area contributed by atoms with Gasteiger partial charge >= 0.3 is 0 Å². The smallest absolute Gasteiger partial charge is 0.219 e. The second kappa shape index (κ2) is 8.64. The van der Waals surface area contributed by atoms with Crippen molar-refractivity contribution in [2.24, 2.45) is 5.92 Å². The number of rotatable bonds is 5. The van der Waals surface area contributed by atoms with Crippen molar-refractivity contribution >= 4 is 21.5 Å². The van der Waals surface area contributed by atoms with Crippen LogP contribution in [0.3, 0.4) is 0 Å². The number of sulfone groups is 1. The Morgan fingerprint density at radius 1 is 0.966 bits per heavy atom. The van der Waals surface area contributed by atoms with Gasteiger partial charge in [-0.2, -0.15) is 0 Å². The highest BCUT2D eigenvalue weighted by Crippen LogP contribution is 2.31. The van der Waals surface area contributed by atoms with Gasteiger partial charge in [-0.1, -0.05) is 0 Å². The Morgan fingerprint density at radius 3 is 2.31 bits per heavy atom. The highest BCUT2D eigenvalue weighted by atomic mass is 32.2. The molecule has 29 heavy (non-hydrogen) atoms. The van der Waals surface area contributed by atoms with Gasteiger partial charge in [0.05, 0.1) is 23.9 Å². The van der Waals surface area contributed by atoms with Crippen LogP contribution in [-0.2, 0) is 19.3 Å². The van der Waals surface area contributed by atoms with Crippen molar-refractivity contribution < 1.29 is 17.9 Å². The lowest BCUT2D eigenvalue weighted by molar-refractivity contribution is 0.0723. The van der Waals surface area contributed by atoms with Crippen LogP contribution in [0.1, 0.15) is 12.8 Å². The molecule has 0 atom stereocenters. The molecule has 8 nitrogen and oxygen atoms in total. The van der Waals surface area contributed by atoms with Gasteiger partial charge in [0.25, 0.3) is 0 Å². The molecule has 3 heterocycles. The maximum atomic E-state index is 13.2. The third-order valence-corrected chi connectivity index (χ3v) is 7.29. The molecule has 0 bridgehead atoms. The van der Waals surface area contributed by atoms with E-state index in [-0.39, 0.29) is 17.6 Å². The highest BCUT2D eigenvalue weighted by Gasteiger charge is 2.25. The van der Waals surface area contributed by atoms with Gasteiger partial charge in [-0.3, -0.25) is 0 Å². The van der Waals surface area contributed by atoms with Crippen LogP contribution in [0.25, 0.3) is 11.1 Å². The van der Waals surface area contributed by atoms with Crippen LogP contribution in [0, 0.1) is 5.92 Å². The van der Waals surface area contributed by atoms with Crippen molar-refractivity contribution in [3.63, 3.8) is 0 Å². The van der Waals surface area contributed by atoms with Crippen LogP contribution in [0.4, 0.5) is 11.6 Å². The molecule has 0 amide bonds. The third kappa shape index (κ3) is 4.85. The summed E-state index contributed by atoms with van der Waals surface area (Å²) in [5, 5.41) is 0. The van der Waals surface area contributed by atoms with E-state index in [2.05, 4.69) is 14.9 Å². The first-order valence-corrected chi connectivity index (χ1v) is 11.5. The minimum atomic E-state index is -3.44. The maximum absolute atomic E-state index is 13.2. The summed E-state index contributed by atoms with van der Waals surface area (Å²) in [7, 11) is -3.44. The van der Waals surface area contributed by atoms with Gasteiger partial charge in [0, 0.05) is 49.9 Å². The van der Waals surface area contributed by atoms with E-state index in [1.54, 1.807) is 24.5 Å². The van der Waals surface area contributed by atoms with Gasteiger partial charge in [0.15, 0.2) is 9.84 Å². The normalized spacial score (nSPS) is 18.7. The number of hydrogen-bond donors (Lipinski definition) is 1. The van der Waals surface area contributed by atoms with E-state index in [4.69, 9.17) is 15.2 Å². The van der Waals surface area contributed by atoms with E-state index in [1.807, 2.05) is 6.07 Å². The molecule has 2 fully saturated rings. The molecule has 0 aliphatic carbocycles. The van der Waals surface area contributed by atoms with Crippen LogP contribution in [0.2, 0.25) is 0 Å². The summed E-state index contributed by atoms with van der Waals surface area (Å²) in [5.74, 6) is 0.454. The SMILES string of the molecule is Nc1ncc(-c2cc(N3CCOCC3)cc(S(=O)(=O)CC3CCOCC3)c2)cn1. The summed E-state index contributed by atoms with van der Waals surface area (Å²) in [5.41, 5.74) is 7.97. The molecule has 2 aliphatic heterocycles. The van der Waals surface area contributed by atoms with E-state index in [0.717, 1.165) is 42.7 Å². The average Bonchev–Trinajstić information content (AvgIpc) is 2.75. The van der Waals surface area contributed by atoms with Crippen molar-refractivity contribution in [3.8, 4) is 11.1 Å². The van der Waals surface area contributed by atoms with E-state index in [0.29, 0.717) is 31.3 Å². The van der Waals surface area contributed by atoms with Gasteiger partial charge in [0.2, 0.25) is 5.95 Å². The molecule has 0 unspecified atom stereocenters. The number of morpholine rings is 1. The monoisotopic (exact) mass is 418 g/mol. The topological polar surface area (TPSA) is 108 Å². The Kier molecular flexibility index (Phi) is 5.98. The Balaban J connectivity index is 1.71. The lowest BCUT2D eigenvalue weighted by Gasteiger charge is -2.30. The van der Waals surface area contributed by atoms with Crippen molar-refractivity contribution in [3.05, 3.63) is 30.6 Å². The summed E-state index contributed by atoms with van der Waals surface area (Å²) < 4.78 is 37.3. The van der Waals surface area contributed by atoms with Crippen LogP contribution in [-0.4, -0.2) is 63.7 Å². The maximum Gasteiger partial charge on any atom is 0.219 e. The second-order valence-electron chi connectivity index (χ2n) is 7.48. The number of anilines is 2. The standard InChI is InChI=1S/C20H26N4O4S/c21-20-22-12-17(13-23-20)16-9-18(24-3-7-28-8-4-24)11-19(10-16)29(25,26)14-15-1-5-27-6-2-15/h9-13,15H,1-8,14H2,(H2,21,22,23). The van der Waals surface area contributed by atoms with Gasteiger partial charge in [0.1, 0.15) is 0 Å². The van der Waals surface area contributed by atoms with Crippen molar-refractivity contribution in [1.29, 1.82) is 0 Å². The zero-order valence-corrected chi connectivity index (χ0v) is 17.1. The Morgan fingerprint density at radius 2 is 1.62 bits per heavy atom. The number of nitrogen functional groups attached to an aromatic ring is 1. The summed E-state index contributed by atoms with van der Waals surface area (Å²) in [6, 6.07) is 5.48. The minimum absolute atomic E-state index is 0.129. The van der Waals surface area contributed by atoms with Crippen molar-refractivity contribution in [2.75, 3.05) is 55.9 Å². The molecule has 2 N–H and O–H groups in total. The van der Waals surface area contributed by atoms with Crippen LogP contribution >= 0.6 is 0 Å². The fourth-order valence-corrected chi connectivity index (χ4v) is 5.49. The van der Waals surface area contributed by atoms with Gasteiger partial charge < -0.3 is 20.1 Å². The predicted octanol–water partition coefficient (Wildman–Crippen LogP) is 1.76. The Bertz CT molecular complexity index is 937. The largest absolute Gasteiger partial charge is 0.381 e. The first-order valence-electron chi connectivity index (χ1n) is 9.87. The molecule has 2 saturated heterocycles. The van der Waals surface area contributed by atoms with Crippen LogP contribution < -0.4 is 10.6 Å². The third-order valence-electron chi connectivity index (χ3n) is 5.43.